The second-order valence-corrected chi connectivity index (χ2v) is 12.5. The second kappa shape index (κ2) is 10.9. The van der Waals surface area contributed by atoms with E-state index in [-0.39, 0.29) is 19.4 Å². The van der Waals surface area contributed by atoms with Gasteiger partial charge in [-0.15, -0.1) is 0 Å². The Morgan fingerprint density at radius 3 is 1.38 bits per heavy atom. The van der Waals surface area contributed by atoms with E-state index in [1.807, 2.05) is 0 Å². The molecule has 0 radical (unpaired) electrons. The molecular formula is C11H24O11S4. The first kappa shape index (κ1) is 25.7. The van der Waals surface area contributed by atoms with E-state index in [4.69, 9.17) is 0 Å². The molecule has 0 unspecified atom stereocenters. The van der Waals surface area contributed by atoms with E-state index in [1.165, 1.54) is 6.92 Å². The van der Waals surface area contributed by atoms with Gasteiger partial charge in [-0.25, -0.2) is 8.42 Å². The maximum absolute atomic E-state index is 11.5. The van der Waals surface area contributed by atoms with E-state index in [2.05, 4.69) is 12.5 Å². The Labute approximate surface area is 155 Å². The molecule has 11 nitrogen and oxygen atoms in total. The zero-order valence-electron chi connectivity index (χ0n) is 14.5. The highest BCUT2D eigenvalue weighted by atomic mass is 32.2. The topological polar surface area (TPSA) is 164 Å². The fourth-order valence-corrected chi connectivity index (χ4v) is 5.66. The molecule has 158 valence electrons. The van der Waals surface area contributed by atoms with Crippen LogP contribution in [0.2, 0.25) is 0 Å². The van der Waals surface area contributed by atoms with Gasteiger partial charge in [-0.05, 0) is 19.8 Å². The predicted molar refractivity (Wildman–Crippen MR) is 93.3 cm³/mol. The summed E-state index contributed by atoms with van der Waals surface area (Å²) in [5, 5.41) is 0. The van der Waals surface area contributed by atoms with Gasteiger partial charge in [-0.3, -0.25) is 12.5 Å². The van der Waals surface area contributed by atoms with Crippen molar-refractivity contribution in [3.63, 3.8) is 0 Å². The molecule has 15 heteroatoms. The molecule has 0 atom stereocenters. The van der Waals surface area contributed by atoms with Crippen LogP contribution in [0, 0.1) is 0 Å². The third-order valence-electron chi connectivity index (χ3n) is 2.65. The van der Waals surface area contributed by atoms with Crippen LogP contribution < -0.4 is 0 Å². The molecule has 0 bridgehead atoms. The van der Waals surface area contributed by atoms with E-state index in [0.29, 0.717) is 12.8 Å². The third kappa shape index (κ3) is 14.8. The summed E-state index contributed by atoms with van der Waals surface area (Å²) in [6.07, 6.45) is 1.84. The quantitative estimate of drug-likeness (QED) is 0.230. The van der Waals surface area contributed by atoms with Crippen LogP contribution in [-0.2, 0) is 52.7 Å². The lowest BCUT2D eigenvalue weighted by atomic mass is 10.2. The van der Waals surface area contributed by atoms with E-state index >= 15 is 0 Å². The van der Waals surface area contributed by atoms with Gasteiger partial charge in [-0.2, -0.15) is 25.3 Å². The summed E-state index contributed by atoms with van der Waals surface area (Å²) in [4.78, 5) is 0. The van der Waals surface area contributed by atoms with Crippen molar-refractivity contribution in [2.24, 2.45) is 0 Å². The lowest BCUT2D eigenvalue weighted by molar-refractivity contribution is 0.299. The van der Waals surface area contributed by atoms with E-state index in [9.17, 15) is 33.7 Å². The van der Waals surface area contributed by atoms with Crippen molar-refractivity contribution >= 4 is 40.2 Å². The largest absolute Gasteiger partial charge is 0.293 e. The fraction of sp³-hybridized carbons (Fsp3) is 1.00. The average Bonchev–Trinajstić information content (AvgIpc) is 2.47. The molecule has 0 N–H and O–H groups in total. The first-order valence-corrected chi connectivity index (χ1v) is 14.3. The van der Waals surface area contributed by atoms with E-state index in [0.717, 1.165) is 6.26 Å². The van der Waals surface area contributed by atoms with Gasteiger partial charge in [0.25, 0.3) is 30.4 Å². The standard InChI is InChI=1S/C11H24O11S4/c1-3-20-26(18,19)11-22-25(16,17)9-7-5-4-6-8-24(14,15)21-10-23(2,12)13/h3-11H2,1-2H3. The van der Waals surface area contributed by atoms with Crippen molar-refractivity contribution in [3.05, 3.63) is 0 Å². The van der Waals surface area contributed by atoms with Crippen molar-refractivity contribution in [2.45, 2.75) is 32.6 Å². The third-order valence-corrected chi connectivity index (χ3v) is 7.03. The summed E-state index contributed by atoms with van der Waals surface area (Å²) in [6.45, 7) is 1.29. The van der Waals surface area contributed by atoms with Gasteiger partial charge in [0.15, 0.2) is 21.7 Å². The Morgan fingerprint density at radius 2 is 1.00 bits per heavy atom. The van der Waals surface area contributed by atoms with Crippen LogP contribution in [-0.4, -0.2) is 69.9 Å². The van der Waals surface area contributed by atoms with Gasteiger partial charge in [0.05, 0.1) is 18.1 Å². The molecule has 0 aromatic heterocycles. The van der Waals surface area contributed by atoms with Crippen LogP contribution in [0.25, 0.3) is 0 Å². The first-order chi connectivity index (χ1) is 11.7. The summed E-state index contributed by atoms with van der Waals surface area (Å²) in [5.74, 6) is -2.83. The van der Waals surface area contributed by atoms with Crippen molar-refractivity contribution in [3.8, 4) is 0 Å². The predicted octanol–water partition coefficient (Wildman–Crippen LogP) is -0.434. The minimum absolute atomic E-state index is 0.136. The van der Waals surface area contributed by atoms with Gasteiger partial charge >= 0.3 is 0 Å². The van der Waals surface area contributed by atoms with Crippen LogP contribution >= 0.6 is 0 Å². The average molecular weight is 461 g/mol. The zero-order chi connectivity index (χ0) is 20.5. The Bertz CT molecular complexity index is 823. The molecular weight excluding hydrogens is 436 g/mol. The van der Waals surface area contributed by atoms with Crippen LogP contribution in [0.3, 0.4) is 0 Å². The van der Waals surface area contributed by atoms with Crippen molar-refractivity contribution in [1.29, 1.82) is 0 Å². The highest BCUT2D eigenvalue weighted by Gasteiger charge is 2.18. The minimum atomic E-state index is -4.06. The SMILES string of the molecule is CCOS(=O)(=O)COS(=O)(=O)CCCCCCS(=O)(=O)OCS(C)(=O)=O. The molecule has 0 saturated heterocycles. The Kier molecular flexibility index (Phi) is 10.7. The molecule has 0 saturated carbocycles. The van der Waals surface area contributed by atoms with E-state index < -0.39 is 63.6 Å². The smallest absolute Gasteiger partial charge is 0.269 e. The van der Waals surface area contributed by atoms with Gasteiger partial charge in [-0.1, -0.05) is 12.8 Å². The fourth-order valence-electron chi connectivity index (χ4n) is 1.54. The summed E-state index contributed by atoms with van der Waals surface area (Å²) in [6, 6.07) is 0. The highest BCUT2D eigenvalue weighted by Crippen LogP contribution is 2.08. The zero-order valence-corrected chi connectivity index (χ0v) is 17.8. The molecule has 0 aliphatic rings. The molecule has 0 rings (SSSR count). The van der Waals surface area contributed by atoms with E-state index in [1.54, 1.807) is 0 Å². The lowest BCUT2D eigenvalue weighted by Crippen LogP contribution is -2.19. The van der Waals surface area contributed by atoms with Crippen molar-refractivity contribution in [1.82, 2.24) is 0 Å². The Morgan fingerprint density at radius 1 is 0.577 bits per heavy atom. The maximum Gasteiger partial charge on any atom is 0.293 e. The summed E-state index contributed by atoms with van der Waals surface area (Å²) in [7, 11) is -15.6. The highest BCUT2D eigenvalue weighted by molar-refractivity contribution is 7.92. The minimum Gasteiger partial charge on any atom is -0.269 e. The van der Waals surface area contributed by atoms with Crippen LogP contribution in [0.5, 0.6) is 0 Å². The van der Waals surface area contributed by atoms with Crippen LogP contribution in [0.1, 0.15) is 32.6 Å². The molecule has 0 aliphatic carbocycles. The van der Waals surface area contributed by atoms with Gasteiger partial charge < -0.3 is 0 Å². The second-order valence-electron chi connectivity index (χ2n) is 5.30. The monoisotopic (exact) mass is 460 g/mol. The van der Waals surface area contributed by atoms with Gasteiger partial charge in [0.1, 0.15) is 0 Å². The number of hydrogen-bond donors (Lipinski definition) is 0. The summed E-state index contributed by atoms with van der Waals surface area (Å²) < 4.78 is 103. The van der Waals surface area contributed by atoms with Gasteiger partial charge in [0.2, 0.25) is 0 Å². The number of hydrogen-bond acceptors (Lipinski definition) is 11. The Balaban J connectivity index is 4.05. The number of sulfone groups is 1. The number of unbranched alkanes of at least 4 members (excludes halogenated alkanes) is 3. The Hall–Kier alpha value is -0.320. The molecule has 0 fully saturated rings. The maximum atomic E-state index is 11.5. The van der Waals surface area contributed by atoms with Crippen LogP contribution in [0.15, 0.2) is 0 Å². The lowest BCUT2D eigenvalue weighted by Gasteiger charge is -2.07. The molecule has 26 heavy (non-hydrogen) atoms. The van der Waals surface area contributed by atoms with Crippen molar-refractivity contribution < 1.29 is 46.2 Å². The summed E-state index contributed by atoms with van der Waals surface area (Å²) >= 11 is 0. The molecule has 0 aromatic carbocycles. The summed E-state index contributed by atoms with van der Waals surface area (Å²) in [5.41, 5.74) is 0. The van der Waals surface area contributed by atoms with Crippen LogP contribution in [0.4, 0.5) is 0 Å². The number of rotatable bonds is 15. The molecule has 0 aliphatic heterocycles. The molecule has 0 heterocycles. The van der Waals surface area contributed by atoms with Gasteiger partial charge in [0, 0.05) is 6.26 Å². The molecule has 0 spiro atoms. The molecule has 0 aromatic rings. The first-order valence-electron chi connectivity index (χ1n) is 7.47. The van der Waals surface area contributed by atoms with Crippen molar-refractivity contribution in [2.75, 3.05) is 36.2 Å². The normalized spacial score (nSPS) is 13.8. The molecule has 0 amide bonds.